The first-order chi connectivity index (χ1) is 10.8. The molecule has 0 amide bonds. The second-order valence-corrected chi connectivity index (χ2v) is 7.40. The summed E-state index contributed by atoms with van der Waals surface area (Å²) in [5.74, 6) is -0.375. The standard InChI is InChI=1S/C17H17NO4S/c1-10-6-11(2)16(12(3)7-10)23(20,21)18-14-4-5-15-13(8-14)9-22-17(15)19/h4-8,18H,9H2,1-3H3. The number of hydrogen-bond acceptors (Lipinski definition) is 4. The zero-order chi connectivity index (χ0) is 16.8. The largest absolute Gasteiger partial charge is 0.457 e. The molecule has 120 valence electrons. The molecular formula is C17H17NO4S. The number of nitrogens with one attached hydrogen (secondary N) is 1. The fraction of sp³-hybridized carbons (Fsp3) is 0.235. The Morgan fingerprint density at radius 2 is 1.70 bits per heavy atom. The molecule has 0 radical (unpaired) electrons. The number of anilines is 1. The second-order valence-electron chi connectivity index (χ2n) is 5.78. The molecule has 5 nitrogen and oxygen atoms in total. The Hall–Kier alpha value is -2.34. The van der Waals surface area contributed by atoms with Gasteiger partial charge < -0.3 is 4.74 Å². The molecule has 0 fully saturated rings. The van der Waals surface area contributed by atoms with Gasteiger partial charge in [-0.15, -0.1) is 0 Å². The number of benzene rings is 2. The molecule has 2 aromatic carbocycles. The third-order valence-corrected chi connectivity index (χ3v) is 5.50. The van der Waals surface area contributed by atoms with Gasteiger partial charge in [0.1, 0.15) is 6.61 Å². The molecule has 0 atom stereocenters. The number of rotatable bonds is 3. The first kappa shape index (κ1) is 15.6. The Morgan fingerprint density at radius 3 is 2.35 bits per heavy atom. The fourth-order valence-electron chi connectivity index (χ4n) is 2.99. The summed E-state index contributed by atoms with van der Waals surface area (Å²) < 4.78 is 32.9. The van der Waals surface area contributed by atoms with Gasteiger partial charge in [0, 0.05) is 11.3 Å². The minimum absolute atomic E-state index is 0.173. The highest BCUT2D eigenvalue weighted by Gasteiger charge is 2.24. The monoisotopic (exact) mass is 331 g/mol. The molecule has 2 aromatic rings. The maximum Gasteiger partial charge on any atom is 0.338 e. The lowest BCUT2D eigenvalue weighted by atomic mass is 10.1. The van der Waals surface area contributed by atoms with E-state index in [1.807, 2.05) is 19.1 Å². The summed E-state index contributed by atoms with van der Waals surface area (Å²) in [6.45, 7) is 5.67. The Kier molecular flexibility index (Phi) is 3.64. The van der Waals surface area contributed by atoms with Crippen molar-refractivity contribution in [2.24, 2.45) is 0 Å². The van der Waals surface area contributed by atoms with Crippen LogP contribution in [-0.4, -0.2) is 14.4 Å². The van der Waals surface area contributed by atoms with Crippen LogP contribution in [-0.2, 0) is 21.4 Å². The van der Waals surface area contributed by atoms with Gasteiger partial charge in [0.2, 0.25) is 0 Å². The molecule has 0 unspecified atom stereocenters. The summed E-state index contributed by atoms with van der Waals surface area (Å²) in [4.78, 5) is 11.7. The quantitative estimate of drug-likeness (QED) is 0.877. The fourth-order valence-corrected chi connectivity index (χ4v) is 4.50. The van der Waals surface area contributed by atoms with Crippen LogP contribution >= 0.6 is 0 Å². The van der Waals surface area contributed by atoms with E-state index in [0.29, 0.717) is 27.9 Å². The van der Waals surface area contributed by atoms with Gasteiger partial charge in [0.25, 0.3) is 10.0 Å². The Bertz CT molecular complexity index is 893. The van der Waals surface area contributed by atoms with Crippen LogP contribution in [0.4, 0.5) is 5.69 Å². The van der Waals surface area contributed by atoms with Crippen LogP contribution in [0.3, 0.4) is 0 Å². The third kappa shape index (κ3) is 2.82. The summed E-state index contributed by atoms with van der Waals surface area (Å²) in [6, 6.07) is 8.48. The molecule has 1 aliphatic rings. The average Bonchev–Trinajstić information content (AvgIpc) is 2.77. The predicted molar refractivity (Wildman–Crippen MR) is 87.0 cm³/mol. The Labute approximate surface area is 135 Å². The van der Waals surface area contributed by atoms with E-state index >= 15 is 0 Å². The van der Waals surface area contributed by atoms with Crippen molar-refractivity contribution >= 4 is 21.7 Å². The minimum Gasteiger partial charge on any atom is -0.457 e. The van der Waals surface area contributed by atoms with E-state index in [2.05, 4.69) is 4.72 Å². The van der Waals surface area contributed by atoms with Gasteiger partial charge in [0.05, 0.1) is 10.5 Å². The van der Waals surface area contributed by atoms with Crippen LogP contribution in [0.5, 0.6) is 0 Å². The van der Waals surface area contributed by atoms with Gasteiger partial charge in [-0.1, -0.05) is 17.7 Å². The highest BCUT2D eigenvalue weighted by molar-refractivity contribution is 7.92. The van der Waals surface area contributed by atoms with Crippen molar-refractivity contribution in [2.75, 3.05) is 4.72 Å². The molecule has 0 saturated heterocycles. The van der Waals surface area contributed by atoms with E-state index in [4.69, 9.17) is 4.74 Å². The van der Waals surface area contributed by atoms with Gasteiger partial charge in [-0.3, -0.25) is 4.72 Å². The number of ether oxygens (including phenoxy) is 1. The molecule has 23 heavy (non-hydrogen) atoms. The number of fused-ring (bicyclic) bond motifs is 1. The molecule has 3 rings (SSSR count). The summed E-state index contributed by atoms with van der Waals surface area (Å²) in [5.41, 5.74) is 4.01. The van der Waals surface area contributed by atoms with Crippen molar-refractivity contribution in [1.82, 2.24) is 0 Å². The normalized spacial score (nSPS) is 13.6. The molecule has 1 N–H and O–H groups in total. The first-order valence-electron chi connectivity index (χ1n) is 7.18. The van der Waals surface area contributed by atoms with Gasteiger partial charge in [-0.2, -0.15) is 0 Å². The lowest BCUT2D eigenvalue weighted by Gasteiger charge is -2.14. The highest BCUT2D eigenvalue weighted by atomic mass is 32.2. The molecule has 0 bridgehead atoms. The van der Waals surface area contributed by atoms with E-state index in [-0.39, 0.29) is 17.5 Å². The van der Waals surface area contributed by atoms with Crippen LogP contribution in [0.15, 0.2) is 35.2 Å². The maximum atomic E-state index is 12.7. The third-order valence-electron chi connectivity index (χ3n) is 3.81. The summed E-state index contributed by atoms with van der Waals surface area (Å²) in [7, 11) is -3.70. The molecule has 0 spiro atoms. The number of aryl methyl sites for hydroxylation is 3. The molecule has 0 aliphatic carbocycles. The molecule has 1 heterocycles. The minimum atomic E-state index is -3.70. The number of hydrogen-bond donors (Lipinski definition) is 1. The van der Waals surface area contributed by atoms with Crippen LogP contribution < -0.4 is 4.72 Å². The van der Waals surface area contributed by atoms with Crippen molar-refractivity contribution in [2.45, 2.75) is 32.3 Å². The van der Waals surface area contributed by atoms with Crippen molar-refractivity contribution < 1.29 is 17.9 Å². The van der Waals surface area contributed by atoms with E-state index in [9.17, 15) is 13.2 Å². The molecule has 0 aromatic heterocycles. The zero-order valence-electron chi connectivity index (χ0n) is 13.1. The maximum absolute atomic E-state index is 12.7. The Balaban J connectivity index is 1.98. The summed E-state index contributed by atoms with van der Waals surface area (Å²) >= 11 is 0. The van der Waals surface area contributed by atoms with Gasteiger partial charge in [-0.25, -0.2) is 13.2 Å². The number of cyclic esters (lactones) is 1. The van der Waals surface area contributed by atoms with Crippen LogP contribution in [0.25, 0.3) is 0 Å². The lowest BCUT2D eigenvalue weighted by molar-refractivity contribution is 0.0535. The van der Waals surface area contributed by atoms with Crippen LogP contribution in [0.2, 0.25) is 0 Å². The number of esters is 1. The number of sulfonamides is 1. The topological polar surface area (TPSA) is 72.5 Å². The Morgan fingerprint density at radius 1 is 1.04 bits per heavy atom. The smallest absolute Gasteiger partial charge is 0.338 e. The molecule has 0 saturated carbocycles. The number of carbonyl (C=O) groups excluding carboxylic acids is 1. The molecule has 6 heteroatoms. The van der Waals surface area contributed by atoms with Crippen molar-refractivity contribution in [3.8, 4) is 0 Å². The van der Waals surface area contributed by atoms with Crippen molar-refractivity contribution in [3.05, 3.63) is 58.1 Å². The van der Waals surface area contributed by atoms with Crippen LogP contribution in [0.1, 0.15) is 32.6 Å². The predicted octanol–water partition coefficient (Wildman–Crippen LogP) is 3.08. The van der Waals surface area contributed by atoms with E-state index < -0.39 is 10.0 Å². The molecular weight excluding hydrogens is 314 g/mol. The van der Waals surface area contributed by atoms with Crippen LogP contribution in [0, 0.1) is 20.8 Å². The van der Waals surface area contributed by atoms with Gasteiger partial charge in [0.15, 0.2) is 0 Å². The average molecular weight is 331 g/mol. The summed E-state index contributed by atoms with van der Waals surface area (Å²) in [5, 5.41) is 0. The molecule has 1 aliphatic heterocycles. The second kappa shape index (κ2) is 5.38. The van der Waals surface area contributed by atoms with E-state index in [0.717, 1.165) is 5.56 Å². The van der Waals surface area contributed by atoms with E-state index in [1.165, 1.54) is 0 Å². The van der Waals surface area contributed by atoms with Crippen molar-refractivity contribution in [3.63, 3.8) is 0 Å². The summed E-state index contributed by atoms with van der Waals surface area (Å²) in [6.07, 6.45) is 0. The highest BCUT2D eigenvalue weighted by Crippen LogP contribution is 2.27. The van der Waals surface area contributed by atoms with Gasteiger partial charge >= 0.3 is 5.97 Å². The zero-order valence-corrected chi connectivity index (χ0v) is 14.0. The van der Waals surface area contributed by atoms with E-state index in [1.54, 1.807) is 32.0 Å². The van der Waals surface area contributed by atoms with Crippen molar-refractivity contribution in [1.29, 1.82) is 0 Å². The first-order valence-corrected chi connectivity index (χ1v) is 8.67. The SMILES string of the molecule is Cc1cc(C)c(S(=O)(=O)Nc2ccc3c(c2)COC3=O)c(C)c1. The lowest BCUT2D eigenvalue weighted by Crippen LogP contribution is -2.16. The van der Waals surface area contributed by atoms with Gasteiger partial charge in [-0.05, 0) is 50.1 Å². The number of carbonyl (C=O) groups is 1.